The van der Waals surface area contributed by atoms with Crippen LogP contribution in [0.1, 0.15) is 5.56 Å². The minimum atomic E-state index is 0.484. The molecule has 0 saturated carbocycles. The van der Waals surface area contributed by atoms with Gasteiger partial charge in [-0.25, -0.2) is 0 Å². The fraction of sp³-hybridized carbons (Fsp3) is 0.222. The first-order chi connectivity index (χ1) is 5.88. The molecule has 0 aliphatic carbocycles. The predicted octanol–water partition coefficient (Wildman–Crippen LogP) is 1.64. The van der Waals surface area contributed by atoms with Gasteiger partial charge in [0.15, 0.2) is 0 Å². The molecule has 1 aromatic carbocycles. The molecule has 1 rings (SSSR count). The van der Waals surface area contributed by atoms with E-state index >= 15 is 0 Å². The lowest BCUT2D eigenvalue weighted by molar-refractivity contribution is 0.200. The predicted molar refractivity (Wildman–Crippen MR) is 47.0 cm³/mol. The Kier molecular flexibility index (Phi) is 3.14. The number of nitrogens with zero attached hydrogens (tertiary/aromatic N) is 1. The van der Waals surface area contributed by atoms with E-state index in [9.17, 15) is 0 Å². The van der Waals surface area contributed by atoms with Crippen molar-refractivity contribution in [1.29, 1.82) is 0 Å². The van der Waals surface area contributed by atoms with Crippen molar-refractivity contribution < 1.29 is 9.57 Å². The zero-order valence-corrected chi connectivity index (χ0v) is 7.15. The second-order valence-electron chi connectivity index (χ2n) is 2.15. The fourth-order valence-corrected chi connectivity index (χ4v) is 0.871. The first-order valence-electron chi connectivity index (χ1n) is 3.59. The molecular weight excluding hydrogens is 154 g/mol. The SMILES string of the molecule is CO/N=C(/OC)c1ccccc1. The largest absolute Gasteiger partial charge is 0.479 e. The lowest BCUT2D eigenvalue weighted by Gasteiger charge is -2.02. The van der Waals surface area contributed by atoms with E-state index in [0.29, 0.717) is 5.90 Å². The summed E-state index contributed by atoms with van der Waals surface area (Å²) in [5.41, 5.74) is 0.904. The van der Waals surface area contributed by atoms with Crippen LogP contribution in [-0.2, 0) is 9.57 Å². The number of hydrogen-bond acceptors (Lipinski definition) is 3. The Labute approximate surface area is 71.6 Å². The standard InChI is InChI=1S/C9H11NO2/c1-11-9(10-12-2)8-6-4-3-5-7-8/h3-7H,1-2H3/b10-9+. The Hall–Kier alpha value is -1.51. The van der Waals surface area contributed by atoms with E-state index in [1.54, 1.807) is 7.11 Å². The van der Waals surface area contributed by atoms with Crippen LogP contribution in [-0.4, -0.2) is 20.1 Å². The zero-order chi connectivity index (χ0) is 8.81. The van der Waals surface area contributed by atoms with Crippen LogP contribution in [0.5, 0.6) is 0 Å². The monoisotopic (exact) mass is 165 g/mol. The highest BCUT2D eigenvalue weighted by atomic mass is 16.6. The van der Waals surface area contributed by atoms with Gasteiger partial charge >= 0.3 is 0 Å². The molecule has 0 saturated heterocycles. The van der Waals surface area contributed by atoms with Crippen molar-refractivity contribution in [3.8, 4) is 0 Å². The number of methoxy groups -OCH3 is 1. The summed E-state index contributed by atoms with van der Waals surface area (Å²) in [5, 5.41) is 3.71. The van der Waals surface area contributed by atoms with Gasteiger partial charge in [0.1, 0.15) is 7.11 Å². The summed E-state index contributed by atoms with van der Waals surface area (Å²) in [6.07, 6.45) is 0. The average molecular weight is 165 g/mol. The number of rotatable bonds is 2. The average Bonchev–Trinajstić information content (AvgIpc) is 2.15. The van der Waals surface area contributed by atoms with E-state index in [0.717, 1.165) is 5.56 Å². The number of benzene rings is 1. The zero-order valence-electron chi connectivity index (χ0n) is 7.15. The van der Waals surface area contributed by atoms with E-state index in [1.165, 1.54) is 7.11 Å². The Bertz CT molecular complexity index is 256. The van der Waals surface area contributed by atoms with Crippen molar-refractivity contribution in [2.75, 3.05) is 14.2 Å². The number of ether oxygens (including phenoxy) is 1. The molecule has 0 bridgehead atoms. The molecule has 0 spiro atoms. The first-order valence-corrected chi connectivity index (χ1v) is 3.59. The van der Waals surface area contributed by atoms with Crippen molar-refractivity contribution in [2.24, 2.45) is 5.16 Å². The lowest BCUT2D eigenvalue weighted by Crippen LogP contribution is -2.03. The van der Waals surface area contributed by atoms with E-state index < -0.39 is 0 Å². The van der Waals surface area contributed by atoms with Gasteiger partial charge in [-0.1, -0.05) is 18.2 Å². The Balaban J connectivity index is 2.88. The highest BCUT2D eigenvalue weighted by molar-refractivity contribution is 5.93. The van der Waals surface area contributed by atoms with Crippen LogP contribution in [0.15, 0.2) is 35.5 Å². The van der Waals surface area contributed by atoms with Gasteiger partial charge in [-0.3, -0.25) is 0 Å². The van der Waals surface area contributed by atoms with E-state index in [2.05, 4.69) is 9.99 Å². The molecule has 0 amide bonds. The summed E-state index contributed by atoms with van der Waals surface area (Å²) < 4.78 is 5.00. The molecule has 0 fully saturated rings. The molecule has 0 heterocycles. The molecule has 0 aromatic heterocycles. The van der Waals surface area contributed by atoms with Gasteiger partial charge in [0.25, 0.3) is 5.90 Å². The Morgan fingerprint density at radius 2 is 1.83 bits per heavy atom. The van der Waals surface area contributed by atoms with Gasteiger partial charge in [0.2, 0.25) is 0 Å². The van der Waals surface area contributed by atoms with E-state index in [1.807, 2.05) is 30.3 Å². The maximum absolute atomic E-state index is 5.00. The van der Waals surface area contributed by atoms with Crippen LogP contribution in [0.2, 0.25) is 0 Å². The molecule has 0 radical (unpaired) electrons. The molecule has 0 aliphatic rings. The molecule has 0 atom stereocenters. The summed E-state index contributed by atoms with van der Waals surface area (Å²) in [6, 6.07) is 9.57. The van der Waals surface area contributed by atoms with Crippen molar-refractivity contribution in [3.63, 3.8) is 0 Å². The third-order valence-electron chi connectivity index (χ3n) is 1.39. The van der Waals surface area contributed by atoms with Gasteiger partial charge in [0, 0.05) is 5.56 Å². The van der Waals surface area contributed by atoms with Crippen molar-refractivity contribution >= 4 is 5.90 Å². The smallest absolute Gasteiger partial charge is 0.257 e. The number of hydrogen-bond donors (Lipinski definition) is 0. The maximum Gasteiger partial charge on any atom is 0.257 e. The third kappa shape index (κ3) is 1.99. The minimum Gasteiger partial charge on any atom is -0.479 e. The molecule has 12 heavy (non-hydrogen) atoms. The molecule has 3 heteroatoms. The lowest BCUT2D eigenvalue weighted by atomic mass is 10.2. The Morgan fingerprint density at radius 3 is 2.33 bits per heavy atom. The molecule has 0 N–H and O–H groups in total. The van der Waals surface area contributed by atoms with Crippen molar-refractivity contribution in [3.05, 3.63) is 35.9 Å². The molecule has 64 valence electrons. The van der Waals surface area contributed by atoms with Crippen LogP contribution in [0.3, 0.4) is 0 Å². The van der Waals surface area contributed by atoms with Crippen LogP contribution in [0, 0.1) is 0 Å². The number of oxime groups is 1. The fourth-order valence-electron chi connectivity index (χ4n) is 0.871. The molecular formula is C9H11NO2. The van der Waals surface area contributed by atoms with Gasteiger partial charge in [0.05, 0.1) is 7.11 Å². The second kappa shape index (κ2) is 4.38. The first kappa shape index (κ1) is 8.59. The second-order valence-corrected chi connectivity index (χ2v) is 2.15. The van der Waals surface area contributed by atoms with E-state index in [-0.39, 0.29) is 0 Å². The summed E-state index contributed by atoms with van der Waals surface area (Å²) in [4.78, 5) is 4.61. The van der Waals surface area contributed by atoms with Gasteiger partial charge in [-0.15, -0.1) is 0 Å². The van der Waals surface area contributed by atoms with Gasteiger partial charge in [-0.05, 0) is 17.3 Å². The van der Waals surface area contributed by atoms with Crippen molar-refractivity contribution in [2.45, 2.75) is 0 Å². The highest BCUT2D eigenvalue weighted by Crippen LogP contribution is 2.01. The van der Waals surface area contributed by atoms with Gasteiger partial charge < -0.3 is 9.57 Å². The summed E-state index contributed by atoms with van der Waals surface area (Å²) >= 11 is 0. The summed E-state index contributed by atoms with van der Waals surface area (Å²) in [7, 11) is 3.05. The van der Waals surface area contributed by atoms with Crippen LogP contribution < -0.4 is 0 Å². The molecule has 3 nitrogen and oxygen atoms in total. The third-order valence-corrected chi connectivity index (χ3v) is 1.39. The summed E-state index contributed by atoms with van der Waals surface area (Å²) in [5.74, 6) is 0.484. The normalized spacial score (nSPS) is 11.0. The van der Waals surface area contributed by atoms with Crippen molar-refractivity contribution in [1.82, 2.24) is 0 Å². The van der Waals surface area contributed by atoms with Crippen LogP contribution in [0.4, 0.5) is 0 Å². The van der Waals surface area contributed by atoms with Crippen LogP contribution in [0.25, 0.3) is 0 Å². The summed E-state index contributed by atoms with van der Waals surface area (Å²) in [6.45, 7) is 0. The minimum absolute atomic E-state index is 0.484. The van der Waals surface area contributed by atoms with E-state index in [4.69, 9.17) is 4.74 Å². The quantitative estimate of drug-likeness (QED) is 0.379. The molecule has 0 unspecified atom stereocenters. The van der Waals surface area contributed by atoms with Gasteiger partial charge in [-0.2, -0.15) is 0 Å². The Morgan fingerprint density at radius 1 is 1.17 bits per heavy atom. The maximum atomic E-state index is 5.00. The molecule has 1 aromatic rings. The highest BCUT2D eigenvalue weighted by Gasteiger charge is 2.00. The molecule has 0 aliphatic heterocycles. The van der Waals surface area contributed by atoms with Crippen LogP contribution >= 0.6 is 0 Å². The topological polar surface area (TPSA) is 30.8 Å².